The van der Waals surface area contributed by atoms with Gasteiger partial charge < -0.3 is 15.4 Å². The number of aromatic nitrogens is 1. The van der Waals surface area contributed by atoms with E-state index in [1.54, 1.807) is 13.2 Å². The molecule has 2 N–H and O–H groups in total. The average Bonchev–Trinajstić information content (AvgIpc) is 2.44. The fraction of sp³-hybridized carbons (Fsp3) is 0.571. The Morgan fingerprint density at radius 3 is 2.71 bits per heavy atom. The lowest BCUT2D eigenvalue weighted by molar-refractivity contribution is -0.130. The van der Waals surface area contributed by atoms with Crippen LogP contribution in [0.25, 0.3) is 0 Å². The summed E-state index contributed by atoms with van der Waals surface area (Å²) in [6.07, 6.45) is 1.45. The minimum Gasteiger partial charge on any atom is -0.384 e. The lowest BCUT2D eigenvalue weighted by Crippen LogP contribution is -2.47. The number of amides is 1. The summed E-state index contributed by atoms with van der Waals surface area (Å²) in [5.74, 6) is -0.0834. The first-order valence-corrected chi connectivity index (χ1v) is 7.58. The number of pyridine rings is 1. The van der Waals surface area contributed by atoms with Crippen molar-refractivity contribution >= 4 is 34.8 Å². The molecule has 0 bridgehead atoms. The van der Waals surface area contributed by atoms with Gasteiger partial charge in [-0.15, -0.1) is 0 Å². The summed E-state index contributed by atoms with van der Waals surface area (Å²) in [6, 6.07) is 1.68. The van der Waals surface area contributed by atoms with Crippen LogP contribution in [0.5, 0.6) is 0 Å². The highest BCUT2D eigenvalue weighted by Gasteiger charge is 2.40. The zero-order chi connectivity index (χ0) is 15.5. The van der Waals surface area contributed by atoms with Crippen molar-refractivity contribution in [1.29, 1.82) is 0 Å². The third kappa shape index (κ3) is 3.66. The van der Waals surface area contributed by atoms with Gasteiger partial charge in [-0.05, 0) is 44.5 Å². The molecule has 0 atom stereocenters. The highest BCUT2D eigenvalue weighted by molar-refractivity contribution is 6.34. The van der Waals surface area contributed by atoms with E-state index < -0.39 is 5.41 Å². The summed E-state index contributed by atoms with van der Waals surface area (Å²) in [6.45, 7) is 3.81. The van der Waals surface area contributed by atoms with Gasteiger partial charge in [0.1, 0.15) is 5.15 Å². The monoisotopic (exact) mass is 331 g/mol. The molecule has 0 spiro atoms. The standard InChI is InChI=1S/C14H19Cl2N3O2/c1-9-7-10(15)18-12(16)11(9)19-13(20)14(8-21-2)3-5-17-6-4-14/h7,17H,3-6,8H2,1-2H3,(H,19,20). The first-order valence-electron chi connectivity index (χ1n) is 6.82. The summed E-state index contributed by atoms with van der Waals surface area (Å²) in [4.78, 5) is 16.7. The van der Waals surface area contributed by atoms with Gasteiger partial charge in [0.15, 0.2) is 5.15 Å². The number of methoxy groups -OCH3 is 1. The fourth-order valence-electron chi connectivity index (χ4n) is 2.61. The molecule has 2 heterocycles. The molecule has 0 unspecified atom stereocenters. The fourth-order valence-corrected chi connectivity index (χ4v) is 3.19. The van der Waals surface area contributed by atoms with Crippen molar-refractivity contribution < 1.29 is 9.53 Å². The maximum Gasteiger partial charge on any atom is 0.233 e. The molecule has 0 aliphatic carbocycles. The molecule has 0 saturated carbocycles. The molecule has 0 radical (unpaired) electrons. The normalized spacial score (nSPS) is 17.5. The van der Waals surface area contributed by atoms with Gasteiger partial charge in [0, 0.05) is 7.11 Å². The smallest absolute Gasteiger partial charge is 0.233 e. The van der Waals surface area contributed by atoms with Crippen LogP contribution in [0.15, 0.2) is 6.07 Å². The van der Waals surface area contributed by atoms with E-state index in [9.17, 15) is 4.79 Å². The van der Waals surface area contributed by atoms with Gasteiger partial charge in [0.25, 0.3) is 0 Å². The molecule has 2 rings (SSSR count). The second kappa shape index (κ2) is 6.92. The Bertz CT molecular complexity index is 502. The number of anilines is 1. The number of hydrogen-bond acceptors (Lipinski definition) is 4. The van der Waals surface area contributed by atoms with Crippen LogP contribution in [-0.4, -0.2) is 37.7 Å². The topological polar surface area (TPSA) is 63.2 Å². The van der Waals surface area contributed by atoms with Crippen LogP contribution in [0, 0.1) is 12.3 Å². The predicted molar refractivity (Wildman–Crippen MR) is 84.0 cm³/mol. The Hall–Kier alpha value is -0.880. The van der Waals surface area contributed by atoms with Gasteiger partial charge >= 0.3 is 0 Å². The molecule has 1 aromatic rings. The largest absolute Gasteiger partial charge is 0.384 e. The van der Waals surface area contributed by atoms with E-state index in [4.69, 9.17) is 27.9 Å². The molecule has 0 aromatic carbocycles. The summed E-state index contributed by atoms with van der Waals surface area (Å²) in [7, 11) is 1.61. The highest BCUT2D eigenvalue weighted by atomic mass is 35.5. The minimum absolute atomic E-state index is 0.0834. The van der Waals surface area contributed by atoms with Crippen molar-refractivity contribution in [2.45, 2.75) is 19.8 Å². The minimum atomic E-state index is -0.532. The quantitative estimate of drug-likeness (QED) is 0.832. The van der Waals surface area contributed by atoms with Gasteiger partial charge in [-0.1, -0.05) is 23.2 Å². The van der Waals surface area contributed by atoms with E-state index in [1.807, 2.05) is 6.92 Å². The molecule has 1 saturated heterocycles. The molecule has 5 nitrogen and oxygen atoms in total. The summed E-state index contributed by atoms with van der Waals surface area (Å²) in [5, 5.41) is 6.67. The molecule has 7 heteroatoms. The molecule has 116 valence electrons. The van der Waals surface area contributed by atoms with Crippen LogP contribution in [0.1, 0.15) is 18.4 Å². The summed E-state index contributed by atoms with van der Waals surface area (Å²) in [5.41, 5.74) is 0.769. The van der Waals surface area contributed by atoms with E-state index in [2.05, 4.69) is 15.6 Å². The van der Waals surface area contributed by atoms with E-state index in [0.29, 0.717) is 17.4 Å². The molecule has 1 aliphatic rings. The summed E-state index contributed by atoms with van der Waals surface area (Å²) >= 11 is 11.9. The number of rotatable bonds is 4. The zero-order valence-corrected chi connectivity index (χ0v) is 13.6. The molecule has 1 aliphatic heterocycles. The number of piperidine rings is 1. The van der Waals surface area contributed by atoms with Crippen molar-refractivity contribution in [2.75, 3.05) is 32.1 Å². The molecular weight excluding hydrogens is 313 g/mol. The maximum absolute atomic E-state index is 12.7. The number of hydrogen-bond donors (Lipinski definition) is 2. The number of nitrogens with zero attached hydrogens (tertiary/aromatic N) is 1. The van der Waals surface area contributed by atoms with Crippen molar-refractivity contribution in [3.63, 3.8) is 0 Å². The number of ether oxygens (including phenoxy) is 1. The Labute approximate surface area is 134 Å². The van der Waals surface area contributed by atoms with Gasteiger partial charge in [-0.2, -0.15) is 0 Å². The SMILES string of the molecule is COCC1(C(=O)Nc2c(C)cc(Cl)nc2Cl)CCNCC1. The Morgan fingerprint density at radius 2 is 2.14 bits per heavy atom. The van der Waals surface area contributed by atoms with Crippen molar-refractivity contribution in [1.82, 2.24) is 10.3 Å². The highest BCUT2D eigenvalue weighted by Crippen LogP contribution is 2.33. The zero-order valence-electron chi connectivity index (χ0n) is 12.1. The van der Waals surface area contributed by atoms with Gasteiger partial charge in [0.05, 0.1) is 17.7 Å². The van der Waals surface area contributed by atoms with Crippen LogP contribution < -0.4 is 10.6 Å². The van der Waals surface area contributed by atoms with Gasteiger partial charge in [-0.25, -0.2) is 4.98 Å². The predicted octanol–water partition coefficient (Wildman–Crippen LogP) is 2.65. The van der Waals surface area contributed by atoms with Crippen LogP contribution in [-0.2, 0) is 9.53 Å². The Morgan fingerprint density at radius 1 is 1.48 bits per heavy atom. The molecule has 21 heavy (non-hydrogen) atoms. The van der Waals surface area contributed by atoms with Crippen LogP contribution in [0.3, 0.4) is 0 Å². The number of carbonyl (C=O) groups excluding carboxylic acids is 1. The first-order chi connectivity index (χ1) is 9.98. The van der Waals surface area contributed by atoms with Gasteiger partial charge in [-0.3, -0.25) is 4.79 Å². The third-order valence-electron chi connectivity index (χ3n) is 3.84. The maximum atomic E-state index is 12.7. The van der Waals surface area contributed by atoms with Crippen molar-refractivity contribution in [3.05, 3.63) is 21.9 Å². The number of halogens is 2. The van der Waals surface area contributed by atoms with E-state index in [0.717, 1.165) is 31.5 Å². The molecule has 1 amide bonds. The van der Waals surface area contributed by atoms with Crippen molar-refractivity contribution in [2.24, 2.45) is 5.41 Å². The lowest BCUT2D eigenvalue weighted by atomic mass is 9.78. The van der Waals surface area contributed by atoms with E-state index >= 15 is 0 Å². The molecular formula is C14H19Cl2N3O2. The third-order valence-corrected chi connectivity index (χ3v) is 4.31. The average molecular weight is 332 g/mol. The Kier molecular flexibility index (Phi) is 5.43. The van der Waals surface area contributed by atoms with Gasteiger partial charge in [0.2, 0.25) is 5.91 Å². The van der Waals surface area contributed by atoms with E-state index in [-0.39, 0.29) is 11.1 Å². The van der Waals surface area contributed by atoms with Crippen LogP contribution >= 0.6 is 23.2 Å². The van der Waals surface area contributed by atoms with E-state index in [1.165, 1.54) is 0 Å². The number of nitrogens with one attached hydrogen (secondary N) is 2. The molecule has 1 fully saturated rings. The summed E-state index contributed by atoms with van der Waals surface area (Å²) < 4.78 is 5.26. The second-order valence-corrected chi connectivity index (χ2v) is 6.09. The Balaban J connectivity index is 2.23. The lowest BCUT2D eigenvalue weighted by Gasteiger charge is -2.35. The number of aryl methyl sites for hydroxylation is 1. The number of carbonyl (C=O) groups is 1. The molecule has 1 aromatic heterocycles. The second-order valence-electron chi connectivity index (χ2n) is 5.35. The first kappa shape index (κ1) is 16.5. The van der Waals surface area contributed by atoms with Crippen LogP contribution in [0.2, 0.25) is 10.3 Å². The van der Waals surface area contributed by atoms with Crippen LogP contribution in [0.4, 0.5) is 5.69 Å². The van der Waals surface area contributed by atoms with Crippen molar-refractivity contribution in [3.8, 4) is 0 Å².